The molecule has 142 valence electrons. The molecule has 0 saturated carbocycles. The summed E-state index contributed by atoms with van der Waals surface area (Å²) in [5, 5.41) is 4.55. The third-order valence-electron chi connectivity index (χ3n) is 4.76. The third-order valence-corrected chi connectivity index (χ3v) is 6.46. The van der Waals surface area contributed by atoms with Crippen molar-refractivity contribution < 1.29 is 13.2 Å². The predicted molar refractivity (Wildman–Crippen MR) is 109 cm³/mol. The van der Waals surface area contributed by atoms with E-state index in [1.807, 2.05) is 54.6 Å². The van der Waals surface area contributed by atoms with Crippen LogP contribution in [0.15, 0.2) is 94.9 Å². The number of sulfonamides is 1. The van der Waals surface area contributed by atoms with Gasteiger partial charge in [-0.05, 0) is 23.8 Å². The van der Waals surface area contributed by atoms with E-state index >= 15 is 0 Å². The maximum Gasteiger partial charge on any atom is 0.279 e. The second-order valence-electron chi connectivity index (χ2n) is 6.47. The van der Waals surface area contributed by atoms with Crippen LogP contribution in [0.3, 0.4) is 0 Å². The van der Waals surface area contributed by atoms with Gasteiger partial charge in [-0.25, -0.2) is 0 Å². The van der Waals surface area contributed by atoms with Gasteiger partial charge < -0.3 is 4.74 Å². The molecule has 0 fully saturated rings. The van der Waals surface area contributed by atoms with Gasteiger partial charge in [-0.1, -0.05) is 66.7 Å². The molecule has 3 aromatic rings. The summed E-state index contributed by atoms with van der Waals surface area (Å²) in [7, 11) is -2.23. The van der Waals surface area contributed by atoms with Crippen molar-refractivity contribution in [2.75, 3.05) is 7.11 Å². The first-order valence-electron chi connectivity index (χ1n) is 8.96. The lowest BCUT2D eigenvalue weighted by atomic mass is 9.98. The lowest BCUT2D eigenvalue weighted by Gasteiger charge is -2.24. The summed E-state index contributed by atoms with van der Waals surface area (Å²) in [6.07, 6.45) is 0.469. The number of hydrogen-bond donors (Lipinski definition) is 0. The summed E-state index contributed by atoms with van der Waals surface area (Å²) in [6.45, 7) is 0. The van der Waals surface area contributed by atoms with Gasteiger partial charge in [-0.2, -0.15) is 17.9 Å². The van der Waals surface area contributed by atoms with E-state index in [2.05, 4.69) is 5.10 Å². The lowest BCUT2D eigenvalue weighted by Crippen LogP contribution is -2.27. The second-order valence-corrected chi connectivity index (χ2v) is 8.26. The molecule has 5 nitrogen and oxygen atoms in total. The minimum Gasteiger partial charge on any atom is -0.496 e. The van der Waals surface area contributed by atoms with E-state index in [9.17, 15) is 8.42 Å². The third kappa shape index (κ3) is 3.27. The molecule has 0 radical (unpaired) electrons. The zero-order valence-corrected chi connectivity index (χ0v) is 16.2. The molecule has 1 atom stereocenters. The van der Waals surface area contributed by atoms with Crippen molar-refractivity contribution in [1.29, 1.82) is 0 Å². The van der Waals surface area contributed by atoms with Gasteiger partial charge in [0.15, 0.2) is 0 Å². The first-order chi connectivity index (χ1) is 13.6. The quantitative estimate of drug-likeness (QED) is 0.653. The number of methoxy groups -OCH3 is 1. The Balaban J connectivity index is 1.84. The standard InChI is InChI=1S/C22H20N2O3S/c1-27-22-15-9-8-14-19(22)21-16-20(17-10-4-2-5-11-17)23-24(21)28(25,26)18-12-6-3-7-13-18/h2-15,21H,16H2,1H3/t21-/m0/s1. The zero-order chi connectivity index (χ0) is 19.6. The van der Waals surface area contributed by atoms with Gasteiger partial charge in [-0.3, -0.25) is 0 Å². The molecule has 0 unspecified atom stereocenters. The number of para-hydroxylation sites is 1. The van der Waals surface area contributed by atoms with Crippen molar-refractivity contribution in [2.45, 2.75) is 17.4 Å². The van der Waals surface area contributed by atoms with E-state index in [4.69, 9.17) is 4.74 Å². The summed E-state index contributed by atoms with van der Waals surface area (Å²) >= 11 is 0. The molecule has 0 aromatic heterocycles. The number of rotatable bonds is 5. The highest BCUT2D eigenvalue weighted by Crippen LogP contribution is 2.40. The van der Waals surface area contributed by atoms with Gasteiger partial charge >= 0.3 is 0 Å². The Morgan fingerprint density at radius 1 is 0.893 bits per heavy atom. The average molecular weight is 392 g/mol. The monoisotopic (exact) mass is 392 g/mol. The molecule has 0 bridgehead atoms. The maximum atomic E-state index is 13.4. The van der Waals surface area contributed by atoms with E-state index in [0.717, 1.165) is 16.8 Å². The first-order valence-corrected chi connectivity index (χ1v) is 10.4. The molecule has 1 heterocycles. The van der Waals surface area contributed by atoms with E-state index in [1.54, 1.807) is 37.4 Å². The predicted octanol–water partition coefficient (Wildman–Crippen LogP) is 4.24. The SMILES string of the molecule is COc1ccccc1[C@@H]1CC(c2ccccc2)=NN1S(=O)(=O)c1ccccc1. The fourth-order valence-corrected chi connectivity index (χ4v) is 4.84. The normalized spacial score (nSPS) is 16.7. The Labute approximate surface area is 164 Å². The Hall–Kier alpha value is -3.12. The topological polar surface area (TPSA) is 59.0 Å². The van der Waals surface area contributed by atoms with Crippen molar-refractivity contribution in [3.8, 4) is 5.75 Å². The van der Waals surface area contributed by atoms with E-state index in [0.29, 0.717) is 12.2 Å². The van der Waals surface area contributed by atoms with Gasteiger partial charge in [0.05, 0.1) is 23.8 Å². The smallest absolute Gasteiger partial charge is 0.279 e. The summed E-state index contributed by atoms with van der Waals surface area (Å²) in [5.74, 6) is 0.644. The molecule has 1 aliphatic rings. The molecule has 6 heteroatoms. The van der Waals surface area contributed by atoms with E-state index < -0.39 is 16.1 Å². The van der Waals surface area contributed by atoms with E-state index in [-0.39, 0.29) is 4.90 Å². The van der Waals surface area contributed by atoms with Crippen LogP contribution in [0.5, 0.6) is 5.75 Å². The summed E-state index contributed by atoms with van der Waals surface area (Å²) in [5.41, 5.74) is 2.43. The van der Waals surface area contributed by atoms with Crippen LogP contribution in [0.4, 0.5) is 0 Å². The minimum absolute atomic E-state index is 0.216. The lowest BCUT2D eigenvalue weighted by molar-refractivity contribution is 0.350. The van der Waals surface area contributed by atoms with Crippen LogP contribution in [0.1, 0.15) is 23.6 Å². The van der Waals surface area contributed by atoms with Gasteiger partial charge in [0.1, 0.15) is 5.75 Å². The van der Waals surface area contributed by atoms with Gasteiger partial charge in [0, 0.05) is 12.0 Å². The van der Waals surface area contributed by atoms with Crippen molar-refractivity contribution in [3.05, 3.63) is 96.1 Å². The van der Waals surface area contributed by atoms with Crippen LogP contribution in [-0.2, 0) is 10.0 Å². The fraction of sp³-hybridized carbons (Fsp3) is 0.136. The van der Waals surface area contributed by atoms with Crippen molar-refractivity contribution >= 4 is 15.7 Å². The molecular formula is C22H20N2O3S. The highest BCUT2D eigenvalue weighted by Gasteiger charge is 2.38. The molecule has 4 rings (SSSR count). The summed E-state index contributed by atoms with van der Waals surface area (Å²) in [4.78, 5) is 0.216. The zero-order valence-electron chi connectivity index (χ0n) is 15.4. The number of hydrazone groups is 1. The van der Waals surface area contributed by atoms with Crippen LogP contribution in [0, 0.1) is 0 Å². The highest BCUT2D eigenvalue weighted by molar-refractivity contribution is 7.89. The number of ether oxygens (including phenoxy) is 1. The molecule has 1 aliphatic heterocycles. The molecule has 0 spiro atoms. The summed E-state index contributed by atoms with van der Waals surface area (Å²) in [6, 6.07) is 25.0. The van der Waals surface area contributed by atoms with Gasteiger partial charge in [0.25, 0.3) is 10.0 Å². The average Bonchev–Trinajstić information content (AvgIpc) is 3.21. The van der Waals surface area contributed by atoms with Crippen LogP contribution in [0.2, 0.25) is 0 Å². The molecule has 3 aromatic carbocycles. The van der Waals surface area contributed by atoms with Crippen molar-refractivity contribution in [3.63, 3.8) is 0 Å². The largest absolute Gasteiger partial charge is 0.496 e. The molecular weight excluding hydrogens is 372 g/mol. The highest BCUT2D eigenvalue weighted by atomic mass is 32.2. The minimum atomic E-state index is -3.81. The number of nitrogens with zero attached hydrogens (tertiary/aromatic N) is 2. The van der Waals surface area contributed by atoms with Crippen molar-refractivity contribution in [2.24, 2.45) is 5.10 Å². The Bertz CT molecular complexity index is 1100. The fourth-order valence-electron chi connectivity index (χ4n) is 3.39. The van der Waals surface area contributed by atoms with Gasteiger partial charge in [-0.15, -0.1) is 0 Å². The van der Waals surface area contributed by atoms with Gasteiger partial charge in [0.2, 0.25) is 0 Å². The van der Waals surface area contributed by atoms with Crippen LogP contribution in [0.25, 0.3) is 0 Å². The van der Waals surface area contributed by atoms with Crippen LogP contribution < -0.4 is 4.74 Å². The molecule has 0 aliphatic carbocycles. The molecule has 28 heavy (non-hydrogen) atoms. The summed E-state index contributed by atoms with van der Waals surface area (Å²) < 4.78 is 33.5. The maximum absolute atomic E-state index is 13.4. The second kappa shape index (κ2) is 7.48. The first kappa shape index (κ1) is 18.3. The number of hydrogen-bond acceptors (Lipinski definition) is 4. The molecule has 0 saturated heterocycles. The van der Waals surface area contributed by atoms with Crippen LogP contribution >= 0.6 is 0 Å². The van der Waals surface area contributed by atoms with Crippen LogP contribution in [-0.4, -0.2) is 25.7 Å². The van der Waals surface area contributed by atoms with E-state index in [1.165, 1.54) is 4.41 Å². The number of benzene rings is 3. The molecule has 0 N–H and O–H groups in total. The Morgan fingerprint density at radius 3 is 2.18 bits per heavy atom. The van der Waals surface area contributed by atoms with Crippen molar-refractivity contribution in [1.82, 2.24) is 4.41 Å². The Morgan fingerprint density at radius 2 is 1.50 bits per heavy atom. The molecule has 0 amide bonds. The Kier molecular flexibility index (Phi) is 4.88.